The van der Waals surface area contributed by atoms with E-state index in [0.29, 0.717) is 12.1 Å². The summed E-state index contributed by atoms with van der Waals surface area (Å²) in [6, 6.07) is 4.66. The van der Waals surface area contributed by atoms with Crippen LogP contribution in [-0.4, -0.2) is 20.7 Å². The third-order valence-corrected chi connectivity index (χ3v) is 5.35. The zero-order valence-corrected chi connectivity index (χ0v) is 12.9. The summed E-state index contributed by atoms with van der Waals surface area (Å²) in [6.45, 7) is 0. The monoisotopic (exact) mass is 331 g/mol. The summed E-state index contributed by atoms with van der Waals surface area (Å²) in [5.74, 6) is -1.19. The molecule has 0 unspecified atom stereocenters. The average Bonchev–Trinajstić information content (AvgIpc) is 2.45. The van der Waals surface area contributed by atoms with Crippen LogP contribution in [0.2, 0.25) is 5.02 Å². The van der Waals surface area contributed by atoms with Crippen LogP contribution in [0, 0.1) is 0 Å². The number of rotatable bonds is 1. The molecule has 118 valence electrons. The van der Waals surface area contributed by atoms with E-state index in [2.05, 4.69) is 0 Å². The first-order valence-corrected chi connectivity index (χ1v) is 7.81. The maximum absolute atomic E-state index is 12.1. The smallest absolute Gasteiger partial charge is 0.341 e. The fourth-order valence-corrected chi connectivity index (χ4v) is 3.89. The Hall–Kier alpha value is -2.27. The number of aromatic hydroxyl groups is 1. The van der Waals surface area contributed by atoms with Gasteiger partial charge < -0.3 is 14.8 Å². The second kappa shape index (κ2) is 4.61. The molecule has 1 aliphatic carbocycles. The second-order valence-corrected chi connectivity index (χ2v) is 6.73. The number of fused-ring (bicyclic) bond motifs is 4. The fourth-order valence-electron chi connectivity index (χ4n) is 3.73. The summed E-state index contributed by atoms with van der Waals surface area (Å²) in [4.78, 5) is 23.4. The molecule has 2 N–H and O–H groups in total. The number of halogens is 1. The Bertz CT molecular complexity index is 912. The molecular formula is C17H14ClNO4. The lowest BCUT2D eigenvalue weighted by molar-refractivity contribution is 0.0691. The normalized spacial score (nSPS) is 17.3. The SMILES string of the molecule is O=C(O)c1cn2c(cc1=O)-c1cc(Cl)c(O)cc1CC21CCC1. The molecule has 0 amide bonds. The van der Waals surface area contributed by atoms with Crippen LogP contribution in [0.3, 0.4) is 0 Å². The minimum atomic E-state index is -1.21. The van der Waals surface area contributed by atoms with E-state index in [1.165, 1.54) is 12.3 Å². The van der Waals surface area contributed by atoms with Gasteiger partial charge in [-0.1, -0.05) is 11.6 Å². The van der Waals surface area contributed by atoms with Crippen LogP contribution in [0.4, 0.5) is 0 Å². The van der Waals surface area contributed by atoms with Crippen LogP contribution >= 0.6 is 11.6 Å². The minimum absolute atomic E-state index is 0.0258. The zero-order valence-electron chi connectivity index (χ0n) is 12.2. The maximum atomic E-state index is 12.1. The lowest BCUT2D eigenvalue weighted by atomic mass is 9.69. The van der Waals surface area contributed by atoms with Crippen LogP contribution in [0.25, 0.3) is 11.3 Å². The van der Waals surface area contributed by atoms with Crippen molar-refractivity contribution in [1.29, 1.82) is 0 Å². The Morgan fingerprint density at radius 3 is 2.61 bits per heavy atom. The van der Waals surface area contributed by atoms with Crippen molar-refractivity contribution in [1.82, 2.24) is 4.57 Å². The number of carboxylic acid groups (broad SMARTS) is 1. The van der Waals surface area contributed by atoms with Gasteiger partial charge in [-0.15, -0.1) is 0 Å². The van der Waals surface area contributed by atoms with Crippen molar-refractivity contribution in [3.63, 3.8) is 0 Å². The number of hydrogen-bond acceptors (Lipinski definition) is 3. The maximum Gasteiger partial charge on any atom is 0.341 e. The highest BCUT2D eigenvalue weighted by Gasteiger charge is 2.43. The van der Waals surface area contributed by atoms with E-state index in [4.69, 9.17) is 11.6 Å². The van der Waals surface area contributed by atoms with Crippen LogP contribution < -0.4 is 5.43 Å². The zero-order chi connectivity index (χ0) is 16.4. The molecule has 1 aromatic heterocycles. The van der Waals surface area contributed by atoms with Gasteiger partial charge in [0.25, 0.3) is 0 Å². The molecule has 6 heteroatoms. The van der Waals surface area contributed by atoms with E-state index in [1.54, 1.807) is 12.1 Å². The van der Waals surface area contributed by atoms with Crippen LogP contribution in [0.15, 0.2) is 29.2 Å². The van der Waals surface area contributed by atoms with E-state index in [9.17, 15) is 19.8 Å². The molecule has 1 fully saturated rings. The Morgan fingerprint density at radius 2 is 2.00 bits per heavy atom. The van der Waals surface area contributed by atoms with Gasteiger partial charge in [-0.25, -0.2) is 4.79 Å². The van der Waals surface area contributed by atoms with Gasteiger partial charge in [-0.05, 0) is 43.4 Å². The first-order valence-electron chi connectivity index (χ1n) is 7.43. The highest BCUT2D eigenvalue weighted by molar-refractivity contribution is 6.32. The van der Waals surface area contributed by atoms with E-state index in [0.717, 1.165) is 30.4 Å². The van der Waals surface area contributed by atoms with Crippen LogP contribution in [0.1, 0.15) is 35.2 Å². The molecule has 1 saturated carbocycles. The van der Waals surface area contributed by atoms with Gasteiger partial charge in [-0.2, -0.15) is 0 Å². The molecule has 5 nitrogen and oxygen atoms in total. The average molecular weight is 332 g/mol. The standard InChI is InChI=1S/C17H14ClNO4/c18-12-5-10-9(4-15(12)21)7-17(2-1-3-17)19-8-11(16(22)23)14(20)6-13(10)19/h4-6,8,21H,1-3,7H2,(H,22,23). The summed E-state index contributed by atoms with van der Waals surface area (Å²) in [5, 5.41) is 19.3. The number of aromatic carboxylic acids is 1. The third-order valence-electron chi connectivity index (χ3n) is 5.04. The number of aromatic nitrogens is 1. The molecule has 2 heterocycles. The number of phenolic OH excluding ortho intramolecular Hbond substituents is 1. The van der Waals surface area contributed by atoms with Crippen molar-refractivity contribution in [2.75, 3.05) is 0 Å². The van der Waals surface area contributed by atoms with Gasteiger partial charge in [0.2, 0.25) is 0 Å². The summed E-state index contributed by atoms with van der Waals surface area (Å²) in [5.41, 5.74) is 1.44. The van der Waals surface area contributed by atoms with E-state index in [-0.39, 0.29) is 21.9 Å². The molecule has 1 spiro atoms. The first-order chi connectivity index (χ1) is 10.9. The molecule has 0 radical (unpaired) electrons. The highest BCUT2D eigenvalue weighted by Crippen LogP contribution is 2.49. The Labute approximate surface area is 136 Å². The molecular weight excluding hydrogens is 318 g/mol. The second-order valence-electron chi connectivity index (χ2n) is 6.33. The molecule has 23 heavy (non-hydrogen) atoms. The van der Waals surface area contributed by atoms with Crippen molar-refractivity contribution in [3.05, 3.63) is 50.8 Å². The van der Waals surface area contributed by atoms with Crippen molar-refractivity contribution in [2.45, 2.75) is 31.2 Å². The van der Waals surface area contributed by atoms with Gasteiger partial charge in [0.05, 0.1) is 10.7 Å². The van der Waals surface area contributed by atoms with E-state index < -0.39 is 11.4 Å². The first kappa shape index (κ1) is 14.3. The topological polar surface area (TPSA) is 79.5 Å². The molecule has 4 rings (SSSR count). The van der Waals surface area contributed by atoms with Crippen molar-refractivity contribution in [2.24, 2.45) is 0 Å². The lowest BCUT2D eigenvalue weighted by Crippen LogP contribution is -2.46. The van der Waals surface area contributed by atoms with Gasteiger partial charge in [0, 0.05) is 23.4 Å². The summed E-state index contributed by atoms with van der Waals surface area (Å²) >= 11 is 6.02. The Morgan fingerprint density at radius 1 is 1.26 bits per heavy atom. The number of pyridine rings is 1. The Balaban J connectivity index is 2.04. The Kier molecular flexibility index (Phi) is 2.87. The highest BCUT2D eigenvalue weighted by atomic mass is 35.5. The van der Waals surface area contributed by atoms with Crippen molar-refractivity contribution < 1.29 is 15.0 Å². The predicted molar refractivity (Wildman–Crippen MR) is 85.3 cm³/mol. The van der Waals surface area contributed by atoms with Crippen molar-refractivity contribution in [3.8, 4) is 17.0 Å². The number of carbonyl (C=O) groups is 1. The summed E-state index contributed by atoms with van der Waals surface area (Å²) in [7, 11) is 0. The van der Waals surface area contributed by atoms with Gasteiger partial charge in [-0.3, -0.25) is 4.79 Å². The predicted octanol–water partition coefficient (Wildman–Crippen LogP) is 3.01. The van der Waals surface area contributed by atoms with Gasteiger partial charge >= 0.3 is 5.97 Å². The van der Waals surface area contributed by atoms with Gasteiger partial charge in [0.15, 0.2) is 5.43 Å². The van der Waals surface area contributed by atoms with Gasteiger partial charge in [0.1, 0.15) is 11.3 Å². The number of nitrogens with zero attached hydrogens (tertiary/aromatic N) is 1. The molecule has 0 bridgehead atoms. The molecule has 1 aromatic carbocycles. The van der Waals surface area contributed by atoms with Crippen LogP contribution in [-0.2, 0) is 12.0 Å². The quantitative estimate of drug-likeness (QED) is 0.842. The minimum Gasteiger partial charge on any atom is -0.506 e. The molecule has 1 aliphatic heterocycles. The van der Waals surface area contributed by atoms with E-state index >= 15 is 0 Å². The fraction of sp³-hybridized carbons (Fsp3) is 0.294. The molecule has 2 aliphatic rings. The number of hydrogen-bond donors (Lipinski definition) is 2. The number of benzene rings is 1. The van der Waals surface area contributed by atoms with Crippen LogP contribution in [0.5, 0.6) is 5.75 Å². The lowest BCUT2D eigenvalue weighted by Gasteiger charge is -2.48. The summed E-state index contributed by atoms with van der Waals surface area (Å²) < 4.78 is 1.93. The largest absolute Gasteiger partial charge is 0.506 e. The molecule has 0 atom stereocenters. The number of phenols is 1. The van der Waals surface area contributed by atoms with Crippen molar-refractivity contribution >= 4 is 17.6 Å². The molecule has 0 saturated heterocycles. The molecule has 2 aromatic rings. The van der Waals surface area contributed by atoms with E-state index in [1.807, 2.05) is 4.57 Å². The third kappa shape index (κ3) is 1.93. The number of carboxylic acids is 1. The summed E-state index contributed by atoms with van der Waals surface area (Å²) in [6.07, 6.45) is 5.06.